The van der Waals surface area contributed by atoms with Crippen LogP contribution in [0.5, 0.6) is 5.75 Å². The molecule has 3 aromatic rings. The van der Waals surface area contributed by atoms with Crippen molar-refractivity contribution in [3.8, 4) is 5.75 Å². The Morgan fingerprint density at radius 3 is 2.59 bits per heavy atom. The maximum absolute atomic E-state index is 12.2. The summed E-state index contributed by atoms with van der Waals surface area (Å²) in [4.78, 5) is 27.0. The first-order valence-corrected chi connectivity index (χ1v) is 9.74. The molecule has 0 aliphatic carbocycles. The van der Waals surface area contributed by atoms with Crippen molar-refractivity contribution in [2.24, 2.45) is 0 Å². The highest BCUT2D eigenvalue weighted by Crippen LogP contribution is 2.31. The van der Waals surface area contributed by atoms with Crippen molar-refractivity contribution < 1.29 is 19.1 Å². The van der Waals surface area contributed by atoms with Crippen molar-refractivity contribution >= 4 is 22.8 Å². The molecule has 0 aliphatic heterocycles. The van der Waals surface area contributed by atoms with E-state index in [1.54, 1.807) is 7.11 Å². The molecule has 29 heavy (non-hydrogen) atoms. The van der Waals surface area contributed by atoms with Gasteiger partial charge in [-0.2, -0.15) is 0 Å². The van der Waals surface area contributed by atoms with E-state index in [4.69, 9.17) is 9.47 Å². The van der Waals surface area contributed by atoms with E-state index in [0.29, 0.717) is 19.4 Å². The summed E-state index contributed by atoms with van der Waals surface area (Å²) in [5.74, 6) is 0.0458. The third-order valence-corrected chi connectivity index (χ3v) is 4.84. The molecule has 0 unspecified atom stereocenters. The number of ether oxygens (including phenoxy) is 2. The van der Waals surface area contributed by atoms with Crippen molar-refractivity contribution in [1.82, 2.24) is 10.3 Å². The minimum Gasteiger partial charge on any atom is -0.497 e. The number of para-hydroxylation sites is 1. The molecule has 1 atom stereocenters. The monoisotopic (exact) mass is 394 g/mol. The van der Waals surface area contributed by atoms with Crippen LogP contribution in [0.3, 0.4) is 0 Å². The average molecular weight is 394 g/mol. The van der Waals surface area contributed by atoms with Crippen LogP contribution in [0.2, 0.25) is 0 Å². The standard InChI is InChI=1S/C23H26N2O4/c1-3-6-23(27)29-15-22(26)25-13-19(16-9-11-17(28-2)12-10-16)20-14-24-21-8-5-4-7-18(20)21/h4-5,7-12,14,19,24H,3,6,13,15H2,1-2H3,(H,25,26)/t19-/m0/s1. The van der Waals surface area contributed by atoms with Gasteiger partial charge in [-0.3, -0.25) is 9.59 Å². The Hall–Kier alpha value is -3.28. The Morgan fingerprint density at radius 1 is 1.10 bits per heavy atom. The van der Waals surface area contributed by atoms with Crippen molar-refractivity contribution in [2.45, 2.75) is 25.7 Å². The third-order valence-electron chi connectivity index (χ3n) is 4.84. The minimum atomic E-state index is -0.356. The number of amides is 1. The Morgan fingerprint density at radius 2 is 1.86 bits per heavy atom. The van der Waals surface area contributed by atoms with E-state index in [0.717, 1.165) is 27.8 Å². The Labute approximate surface area is 170 Å². The molecule has 152 valence electrons. The lowest BCUT2D eigenvalue weighted by molar-refractivity contribution is -0.148. The molecule has 1 heterocycles. The van der Waals surface area contributed by atoms with Crippen LogP contribution in [-0.4, -0.2) is 37.1 Å². The fourth-order valence-electron chi connectivity index (χ4n) is 3.32. The first kappa shape index (κ1) is 20.5. The number of aromatic amines is 1. The Bertz CT molecular complexity index is 962. The second-order valence-electron chi connectivity index (χ2n) is 6.83. The molecule has 6 heteroatoms. The largest absolute Gasteiger partial charge is 0.497 e. The predicted molar refractivity (Wildman–Crippen MR) is 112 cm³/mol. The van der Waals surface area contributed by atoms with Gasteiger partial charge in [0.1, 0.15) is 5.75 Å². The van der Waals surface area contributed by atoms with E-state index in [2.05, 4.69) is 16.4 Å². The predicted octanol–water partition coefficient (Wildman–Crippen LogP) is 3.77. The summed E-state index contributed by atoms with van der Waals surface area (Å²) in [6.45, 7) is 2.02. The highest BCUT2D eigenvalue weighted by atomic mass is 16.5. The minimum absolute atomic E-state index is 0.0626. The van der Waals surface area contributed by atoms with Crippen molar-refractivity contribution in [1.29, 1.82) is 0 Å². The zero-order valence-corrected chi connectivity index (χ0v) is 16.7. The summed E-state index contributed by atoms with van der Waals surface area (Å²) in [7, 11) is 1.63. The molecular weight excluding hydrogens is 368 g/mol. The van der Waals surface area contributed by atoms with E-state index in [1.807, 2.05) is 55.6 Å². The maximum Gasteiger partial charge on any atom is 0.306 e. The van der Waals surface area contributed by atoms with Crippen LogP contribution in [0.1, 0.15) is 36.8 Å². The average Bonchev–Trinajstić information content (AvgIpc) is 3.17. The SMILES string of the molecule is CCCC(=O)OCC(=O)NC[C@@H](c1ccc(OC)cc1)c1c[nH]c2ccccc12. The van der Waals surface area contributed by atoms with Crippen molar-refractivity contribution in [3.63, 3.8) is 0 Å². The molecule has 0 bridgehead atoms. The molecule has 6 nitrogen and oxygen atoms in total. The zero-order chi connectivity index (χ0) is 20.6. The van der Waals surface area contributed by atoms with Gasteiger partial charge in [0.05, 0.1) is 7.11 Å². The van der Waals surface area contributed by atoms with Crippen LogP contribution in [0, 0.1) is 0 Å². The molecule has 0 radical (unpaired) electrons. The van der Waals surface area contributed by atoms with Gasteiger partial charge in [-0.15, -0.1) is 0 Å². The molecule has 2 aromatic carbocycles. The molecular formula is C23H26N2O4. The number of methoxy groups -OCH3 is 1. The quantitative estimate of drug-likeness (QED) is 0.542. The fourth-order valence-corrected chi connectivity index (χ4v) is 3.32. The number of aromatic nitrogens is 1. The van der Waals surface area contributed by atoms with Gasteiger partial charge < -0.3 is 19.8 Å². The van der Waals surface area contributed by atoms with Gasteiger partial charge in [-0.25, -0.2) is 0 Å². The summed E-state index contributed by atoms with van der Waals surface area (Å²) >= 11 is 0. The van der Waals surface area contributed by atoms with Gasteiger partial charge in [0, 0.05) is 36.0 Å². The lowest BCUT2D eigenvalue weighted by atomic mass is 9.91. The number of nitrogens with one attached hydrogen (secondary N) is 2. The number of benzene rings is 2. The van der Waals surface area contributed by atoms with Crippen LogP contribution < -0.4 is 10.1 Å². The summed E-state index contributed by atoms with van der Waals surface area (Å²) in [5.41, 5.74) is 3.19. The first-order valence-electron chi connectivity index (χ1n) is 9.74. The van der Waals surface area contributed by atoms with E-state index < -0.39 is 0 Å². The van der Waals surface area contributed by atoms with Gasteiger partial charge in [-0.1, -0.05) is 37.3 Å². The van der Waals surface area contributed by atoms with Gasteiger partial charge in [0.25, 0.3) is 5.91 Å². The fraction of sp³-hybridized carbons (Fsp3) is 0.304. The number of rotatable bonds is 9. The summed E-state index contributed by atoms with van der Waals surface area (Å²) in [5, 5.41) is 4.01. The molecule has 3 rings (SSSR count). The number of hydrogen-bond donors (Lipinski definition) is 2. The van der Waals surface area contributed by atoms with Gasteiger partial charge in [-0.05, 0) is 35.7 Å². The molecule has 2 N–H and O–H groups in total. The lowest BCUT2D eigenvalue weighted by Gasteiger charge is -2.18. The second kappa shape index (κ2) is 9.78. The topological polar surface area (TPSA) is 80.4 Å². The number of hydrogen-bond acceptors (Lipinski definition) is 4. The van der Waals surface area contributed by atoms with E-state index >= 15 is 0 Å². The third kappa shape index (κ3) is 5.16. The number of esters is 1. The molecule has 0 spiro atoms. The van der Waals surface area contributed by atoms with Crippen LogP contribution in [0.4, 0.5) is 0 Å². The number of carbonyl (C=O) groups excluding carboxylic acids is 2. The Kier molecular flexibility index (Phi) is 6.89. The van der Waals surface area contributed by atoms with E-state index in [1.165, 1.54) is 0 Å². The first-order chi connectivity index (χ1) is 14.1. The van der Waals surface area contributed by atoms with E-state index in [-0.39, 0.29) is 24.4 Å². The number of H-pyrrole nitrogens is 1. The van der Waals surface area contributed by atoms with Gasteiger partial charge >= 0.3 is 5.97 Å². The van der Waals surface area contributed by atoms with Crippen molar-refractivity contribution in [3.05, 3.63) is 65.9 Å². The maximum atomic E-state index is 12.2. The van der Waals surface area contributed by atoms with Gasteiger partial charge in [0.2, 0.25) is 0 Å². The number of carbonyl (C=O) groups is 2. The highest BCUT2D eigenvalue weighted by Gasteiger charge is 2.19. The molecule has 0 aliphatic rings. The van der Waals surface area contributed by atoms with Crippen LogP contribution in [-0.2, 0) is 14.3 Å². The summed E-state index contributed by atoms with van der Waals surface area (Å²) in [6, 6.07) is 15.9. The van der Waals surface area contributed by atoms with Crippen LogP contribution in [0.15, 0.2) is 54.7 Å². The molecule has 1 amide bonds. The van der Waals surface area contributed by atoms with Gasteiger partial charge in [0.15, 0.2) is 6.61 Å². The molecule has 1 aromatic heterocycles. The summed E-state index contributed by atoms with van der Waals surface area (Å²) in [6.07, 6.45) is 2.99. The highest BCUT2D eigenvalue weighted by molar-refractivity contribution is 5.84. The Balaban J connectivity index is 1.78. The summed E-state index contributed by atoms with van der Waals surface area (Å²) < 4.78 is 10.3. The van der Waals surface area contributed by atoms with Crippen LogP contribution in [0.25, 0.3) is 10.9 Å². The zero-order valence-electron chi connectivity index (χ0n) is 16.7. The second-order valence-corrected chi connectivity index (χ2v) is 6.83. The molecule has 0 fully saturated rings. The number of fused-ring (bicyclic) bond motifs is 1. The van der Waals surface area contributed by atoms with Crippen molar-refractivity contribution in [2.75, 3.05) is 20.3 Å². The molecule has 0 saturated heterocycles. The lowest BCUT2D eigenvalue weighted by Crippen LogP contribution is -2.32. The normalized spacial score (nSPS) is 11.8. The molecule has 0 saturated carbocycles. The van der Waals surface area contributed by atoms with E-state index in [9.17, 15) is 9.59 Å². The smallest absolute Gasteiger partial charge is 0.306 e. The van der Waals surface area contributed by atoms with Crippen LogP contribution >= 0.6 is 0 Å².